The fourth-order valence-electron chi connectivity index (χ4n) is 4.94. The van der Waals surface area contributed by atoms with Crippen LogP contribution in [0.2, 0.25) is 0 Å². The lowest BCUT2D eigenvalue weighted by Crippen LogP contribution is -2.53. The van der Waals surface area contributed by atoms with Gasteiger partial charge in [-0.25, -0.2) is 9.59 Å². The molecule has 7 nitrogen and oxygen atoms in total. The molecule has 2 heterocycles. The summed E-state index contributed by atoms with van der Waals surface area (Å²) >= 11 is 0. The Morgan fingerprint density at radius 3 is 2.29 bits per heavy atom. The van der Waals surface area contributed by atoms with Crippen molar-refractivity contribution in [2.24, 2.45) is 0 Å². The number of nitrogens with zero attached hydrogens (tertiary/aromatic N) is 3. The number of amides is 2. The summed E-state index contributed by atoms with van der Waals surface area (Å²) in [5.41, 5.74) is 4.76. The SMILES string of the molecule is CCOC(=O)C1=C(CN2CCN(Cc3cccc(C)c3)CC2)N(CC)C(=O)NC1c1ccccc1. The van der Waals surface area contributed by atoms with Crippen molar-refractivity contribution >= 4 is 12.0 Å². The van der Waals surface area contributed by atoms with Gasteiger partial charge >= 0.3 is 12.0 Å². The molecule has 2 aliphatic rings. The molecule has 1 N–H and O–H groups in total. The first-order chi connectivity index (χ1) is 17.0. The summed E-state index contributed by atoms with van der Waals surface area (Å²) in [6.45, 7) is 11.7. The average Bonchev–Trinajstić information content (AvgIpc) is 2.86. The van der Waals surface area contributed by atoms with Gasteiger partial charge in [0.1, 0.15) is 0 Å². The third-order valence-corrected chi connectivity index (χ3v) is 6.71. The number of rotatable bonds is 8. The number of esters is 1. The van der Waals surface area contributed by atoms with E-state index in [4.69, 9.17) is 4.74 Å². The molecule has 0 radical (unpaired) electrons. The van der Waals surface area contributed by atoms with Crippen LogP contribution in [0.15, 0.2) is 65.9 Å². The molecule has 4 rings (SSSR count). The van der Waals surface area contributed by atoms with Crippen LogP contribution in [0.4, 0.5) is 4.79 Å². The van der Waals surface area contributed by atoms with E-state index in [1.165, 1.54) is 11.1 Å². The van der Waals surface area contributed by atoms with Crippen molar-refractivity contribution in [3.05, 3.63) is 82.6 Å². The van der Waals surface area contributed by atoms with E-state index in [2.05, 4.69) is 46.3 Å². The molecule has 0 spiro atoms. The first kappa shape index (κ1) is 24.9. The van der Waals surface area contributed by atoms with E-state index >= 15 is 0 Å². The Morgan fingerprint density at radius 2 is 1.66 bits per heavy atom. The Kier molecular flexibility index (Phi) is 8.21. The molecule has 7 heteroatoms. The van der Waals surface area contributed by atoms with Gasteiger partial charge in [0.2, 0.25) is 0 Å². The van der Waals surface area contributed by atoms with Crippen molar-refractivity contribution in [2.45, 2.75) is 33.4 Å². The second kappa shape index (κ2) is 11.5. The quantitative estimate of drug-likeness (QED) is 0.589. The Bertz CT molecular complexity index is 1060. The van der Waals surface area contributed by atoms with E-state index in [0.717, 1.165) is 44.0 Å². The largest absolute Gasteiger partial charge is 0.463 e. The Balaban J connectivity index is 1.55. The molecule has 2 amide bonds. The first-order valence-corrected chi connectivity index (χ1v) is 12.5. The van der Waals surface area contributed by atoms with Gasteiger partial charge < -0.3 is 10.1 Å². The second-order valence-corrected chi connectivity index (χ2v) is 9.16. The minimum Gasteiger partial charge on any atom is -0.463 e. The van der Waals surface area contributed by atoms with Gasteiger partial charge in [-0.05, 0) is 31.9 Å². The van der Waals surface area contributed by atoms with Crippen LogP contribution in [-0.4, -0.2) is 72.6 Å². The van der Waals surface area contributed by atoms with E-state index in [0.29, 0.717) is 18.7 Å². The summed E-state index contributed by atoms with van der Waals surface area (Å²) < 4.78 is 5.47. The van der Waals surface area contributed by atoms with E-state index in [1.807, 2.05) is 44.2 Å². The molecule has 1 fully saturated rings. The summed E-state index contributed by atoms with van der Waals surface area (Å²) in [5, 5.41) is 3.03. The zero-order valence-electron chi connectivity index (χ0n) is 21.0. The number of urea groups is 1. The smallest absolute Gasteiger partial charge is 0.338 e. The van der Waals surface area contributed by atoms with E-state index in [1.54, 1.807) is 4.90 Å². The molecule has 0 aromatic heterocycles. The molecule has 0 aliphatic carbocycles. The number of carbonyl (C=O) groups is 2. The van der Waals surface area contributed by atoms with Crippen LogP contribution >= 0.6 is 0 Å². The van der Waals surface area contributed by atoms with E-state index in [-0.39, 0.29) is 18.6 Å². The number of piperazine rings is 1. The zero-order chi connectivity index (χ0) is 24.8. The van der Waals surface area contributed by atoms with Crippen LogP contribution < -0.4 is 5.32 Å². The number of carbonyl (C=O) groups excluding carboxylic acids is 2. The van der Waals surface area contributed by atoms with Crippen LogP contribution in [0.5, 0.6) is 0 Å². The van der Waals surface area contributed by atoms with Gasteiger partial charge in [0.05, 0.1) is 18.2 Å². The molecule has 1 unspecified atom stereocenters. The minimum atomic E-state index is -0.525. The standard InChI is InChI=1S/C28H36N4O3/c1-4-32-24(20-31-16-14-30(15-17-31)19-22-11-9-10-21(3)18-22)25(27(33)35-5-2)26(29-28(32)34)23-12-7-6-8-13-23/h6-13,18,26H,4-5,14-17,19-20H2,1-3H3,(H,29,34). The van der Waals surface area contributed by atoms with Crippen molar-refractivity contribution < 1.29 is 14.3 Å². The summed E-state index contributed by atoms with van der Waals surface area (Å²) in [6.07, 6.45) is 0. The van der Waals surface area contributed by atoms with Gasteiger partial charge in [0.25, 0.3) is 0 Å². The summed E-state index contributed by atoms with van der Waals surface area (Å²) in [6, 6.07) is 17.6. The third-order valence-electron chi connectivity index (χ3n) is 6.71. The summed E-state index contributed by atoms with van der Waals surface area (Å²) in [7, 11) is 0. The highest BCUT2D eigenvalue weighted by Gasteiger charge is 2.38. The average molecular weight is 477 g/mol. The molecule has 1 atom stereocenters. The number of benzene rings is 2. The highest BCUT2D eigenvalue weighted by atomic mass is 16.5. The highest BCUT2D eigenvalue weighted by Crippen LogP contribution is 2.32. The van der Waals surface area contributed by atoms with Gasteiger partial charge in [-0.2, -0.15) is 0 Å². The van der Waals surface area contributed by atoms with Crippen molar-refractivity contribution in [2.75, 3.05) is 45.9 Å². The third kappa shape index (κ3) is 5.92. The number of hydrogen-bond donors (Lipinski definition) is 1. The lowest BCUT2D eigenvalue weighted by Gasteiger charge is -2.40. The van der Waals surface area contributed by atoms with Gasteiger partial charge in [-0.3, -0.25) is 14.7 Å². The molecule has 2 aromatic rings. The minimum absolute atomic E-state index is 0.178. The number of ether oxygens (including phenoxy) is 1. The van der Waals surface area contributed by atoms with Crippen molar-refractivity contribution in [1.82, 2.24) is 20.0 Å². The lowest BCUT2D eigenvalue weighted by molar-refractivity contribution is -0.139. The zero-order valence-corrected chi connectivity index (χ0v) is 21.0. The maximum absolute atomic E-state index is 13.2. The van der Waals surface area contributed by atoms with Crippen molar-refractivity contribution in [3.63, 3.8) is 0 Å². The molecule has 2 aliphatic heterocycles. The molecule has 0 saturated carbocycles. The predicted molar refractivity (Wildman–Crippen MR) is 137 cm³/mol. The highest BCUT2D eigenvalue weighted by molar-refractivity contribution is 5.95. The predicted octanol–water partition coefficient (Wildman–Crippen LogP) is 3.72. The van der Waals surface area contributed by atoms with Gasteiger partial charge in [0.15, 0.2) is 0 Å². The van der Waals surface area contributed by atoms with Crippen LogP contribution in [0.25, 0.3) is 0 Å². The number of hydrogen-bond acceptors (Lipinski definition) is 5. The Hall–Kier alpha value is -3.16. The Morgan fingerprint density at radius 1 is 0.971 bits per heavy atom. The van der Waals surface area contributed by atoms with E-state index in [9.17, 15) is 9.59 Å². The number of aryl methyl sites for hydroxylation is 1. The summed E-state index contributed by atoms with van der Waals surface area (Å²) in [4.78, 5) is 32.8. The molecule has 2 aromatic carbocycles. The Labute approximate surface area is 208 Å². The number of nitrogens with one attached hydrogen (secondary N) is 1. The normalized spacial score (nSPS) is 19.6. The molecule has 186 valence electrons. The summed E-state index contributed by atoms with van der Waals surface area (Å²) in [5.74, 6) is -0.368. The van der Waals surface area contributed by atoms with Gasteiger partial charge in [-0.15, -0.1) is 0 Å². The topological polar surface area (TPSA) is 65.1 Å². The van der Waals surface area contributed by atoms with Crippen LogP contribution in [0.3, 0.4) is 0 Å². The van der Waals surface area contributed by atoms with Crippen LogP contribution in [-0.2, 0) is 16.1 Å². The lowest BCUT2D eigenvalue weighted by atomic mass is 9.94. The molecule has 35 heavy (non-hydrogen) atoms. The fraction of sp³-hybridized carbons (Fsp3) is 0.429. The molecule has 0 bridgehead atoms. The maximum atomic E-state index is 13.2. The van der Waals surface area contributed by atoms with Crippen LogP contribution in [0, 0.1) is 6.92 Å². The first-order valence-electron chi connectivity index (χ1n) is 12.5. The van der Waals surface area contributed by atoms with E-state index < -0.39 is 6.04 Å². The number of likely N-dealkylation sites (N-methyl/N-ethyl adjacent to an activating group) is 1. The van der Waals surface area contributed by atoms with Gasteiger partial charge in [0, 0.05) is 51.5 Å². The second-order valence-electron chi connectivity index (χ2n) is 9.16. The van der Waals surface area contributed by atoms with Crippen molar-refractivity contribution in [3.8, 4) is 0 Å². The van der Waals surface area contributed by atoms with Crippen LogP contribution in [0.1, 0.15) is 36.6 Å². The van der Waals surface area contributed by atoms with Gasteiger partial charge in [-0.1, -0.05) is 60.2 Å². The molecular formula is C28H36N4O3. The molecule has 1 saturated heterocycles. The monoisotopic (exact) mass is 476 g/mol. The van der Waals surface area contributed by atoms with Crippen molar-refractivity contribution in [1.29, 1.82) is 0 Å². The fourth-order valence-corrected chi connectivity index (χ4v) is 4.94. The molecular weight excluding hydrogens is 440 g/mol. The maximum Gasteiger partial charge on any atom is 0.338 e.